The molecule has 1 aromatic heterocycles. The molecule has 2 fully saturated rings. The van der Waals surface area contributed by atoms with Crippen LogP contribution < -0.4 is 5.32 Å². The average Bonchev–Trinajstić information content (AvgIpc) is 3.29. The van der Waals surface area contributed by atoms with Gasteiger partial charge in [-0.3, -0.25) is 19.1 Å². The van der Waals surface area contributed by atoms with Crippen molar-refractivity contribution in [2.24, 2.45) is 5.92 Å². The number of nitrogens with zero attached hydrogens (tertiary/aromatic N) is 3. The number of rotatable bonds is 6. The first-order chi connectivity index (χ1) is 15.8. The van der Waals surface area contributed by atoms with Gasteiger partial charge in [-0.25, -0.2) is 4.39 Å². The van der Waals surface area contributed by atoms with Gasteiger partial charge in [0.1, 0.15) is 24.1 Å². The number of carbonyl (C=O) groups excluding carboxylic acids is 3. The molecule has 0 radical (unpaired) electrons. The molecular formula is C25H25FN4O3. The molecule has 1 aliphatic heterocycles. The van der Waals surface area contributed by atoms with Gasteiger partial charge in [0.05, 0.1) is 5.52 Å². The van der Waals surface area contributed by atoms with E-state index in [1.165, 1.54) is 13.0 Å². The van der Waals surface area contributed by atoms with Crippen LogP contribution in [0, 0.1) is 18.7 Å². The first-order valence-corrected chi connectivity index (χ1v) is 11.1. The first kappa shape index (κ1) is 21.3. The Morgan fingerprint density at radius 3 is 2.70 bits per heavy atom. The predicted molar refractivity (Wildman–Crippen MR) is 120 cm³/mol. The van der Waals surface area contributed by atoms with Crippen LogP contribution in [-0.2, 0) is 22.7 Å². The second-order valence-corrected chi connectivity index (χ2v) is 9.01. The van der Waals surface area contributed by atoms with Crippen molar-refractivity contribution in [1.82, 2.24) is 20.0 Å². The summed E-state index contributed by atoms with van der Waals surface area (Å²) in [5, 5.41) is 7.92. The maximum atomic E-state index is 13.9. The number of benzene rings is 2. The zero-order chi connectivity index (χ0) is 23.3. The Kier molecular flexibility index (Phi) is 5.23. The molecule has 0 spiro atoms. The molecule has 2 aliphatic rings. The van der Waals surface area contributed by atoms with Gasteiger partial charge < -0.3 is 10.2 Å². The van der Waals surface area contributed by atoms with Gasteiger partial charge in [0.2, 0.25) is 11.8 Å². The lowest BCUT2D eigenvalue weighted by molar-refractivity contribution is -0.140. The maximum absolute atomic E-state index is 13.9. The number of ketones is 1. The molecule has 1 N–H and O–H groups in total. The number of hydrogen-bond donors (Lipinski definition) is 1. The molecule has 1 saturated heterocycles. The molecule has 33 heavy (non-hydrogen) atoms. The van der Waals surface area contributed by atoms with Crippen LogP contribution >= 0.6 is 0 Å². The van der Waals surface area contributed by atoms with Crippen LogP contribution in [0.15, 0.2) is 42.5 Å². The number of likely N-dealkylation sites (tertiary alicyclic amines) is 1. The fourth-order valence-corrected chi connectivity index (χ4v) is 4.87. The van der Waals surface area contributed by atoms with Crippen LogP contribution in [0.25, 0.3) is 10.9 Å². The SMILES string of the molecule is CC(=O)c1nn(CC(=O)N2[C@@H]3C[C@@H]3C[C@H]2C(=O)NCc2ccccc2F)c2ccc(C)cc12. The second kappa shape index (κ2) is 8.10. The Hall–Kier alpha value is -3.55. The average molecular weight is 448 g/mol. The summed E-state index contributed by atoms with van der Waals surface area (Å²) in [5.74, 6) is -0.689. The van der Waals surface area contributed by atoms with Crippen molar-refractivity contribution in [1.29, 1.82) is 0 Å². The normalized spacial score (nSPS) is 21.2. The largest absolute Gasteiger partial charge is 0.350 e. The number of piperidine rings is 1. The van der Waals surface area contributed by atoms with E-state index < -0.39 is 6.04 Å². The monoisotopic (exact) mass is 448 g/mol. The zero-order valence-corrected chi connectivity index (χ0v) is 18.5. The van der Waals surface area contributed by atoms with E-state index in [1.807, 2.05) is 25.1 Å². The van der Waals surface area contributed by atoms with Gasteiger partial charge in [-0.2, -0.15) is 5.10 Å². The minimum atomic E-state index is -0.579. The predicted octanol–water partition coefficient (Wildman–Crippen LogP) is 2.99. The molecule has 2 heterocycles. The molecule has 3 atom stereocenters. The van der Waals surface area contributed by atoms with Gasteiger partial charge in [-0.1, -0.05) is 29.8 Å². The highest BCUT2D eigenvalue weighted by atomic mass is 19.1. The number of nitrogens with one attached hydrogen (secondary N) is 1. The number of hydrogen-bond acceptors (Lipinski definition) is 4. The third kappa shape index (κ3) is 3.90. The summed E-state index contributed by atoms with van der Waals surface area (Å²) in [4.78, 5) is 40.0. The minimum Gasteiger partial charge on any atom is -0.350 e. The van der Waals surface area contributed by atoms with Crippen molar-refractivity contribution in [2.75, 3.05) is 0 Å². The minimum absolute atomic E-state index is 0.0485. The van der Waals surface area contributed by atoms with Crippen LogP contribution in [0.5, 0.6) is 0 Å². The van der Waals surface area contributed by atoms with Crippen molar-refractivity contribution in [2.45, 2.75) is 51.9 Å². The number of fused-ring (bicyclic) bond motifs is 2. The number of carbonyl (C=O) groups is 3. The molecule has 8 heteroatoms. The quantitative estimate of drug-likeness (QED) is 0.588. The molecule has 170 valence electrons. The zero-order valence-electron chi connectivity index (χ0n) is 18.5. The lowest BCUT2D eigenvalue weighted by Crippen LogP contribution is -2.48. The summed E-state index contributed by atoms with van der Waals surface area (Å²) in [6.45, 7) is 3.42. The van der Waals surface area contributed by atoms with Crippen molar-refractivity contribution in [3.63, 3.8) is 0 Å². The molecule has 7 nitrogen and oxygen atoms in total. The van der Waals surface area contributed by atoms with Crippen LogP contribution in [0.2, 0.25) is 0 Å². The van der Waals surface area contributed by atoms with Crippen molar-refractivity contribution < 1.29 is 18.8 Å². The molecule has 1 aliphatic carbocycles. The third-order valence-corrected chi connectivity index (χ3v) is 6.63. The van der Waals surface area contributed by atoms with Crippen LogP contribution in [0.1, 0.15) is 41.4 Å². The molecule has 2 amide bonds. The van der Waals surface area contributed by atoms with Crippen molar-refractivity contribution in [3.8, 4) is 0 Å². The smallest absolute Gasteiger partial charge is 0.245 e. The van der Waals surface area contributed by atoms with Crippen LogP contribution in [0.4, 0.5) is 4.39 Å². The van der Waals surface area contributed by atoms with E-state index in [2.05, 4.69) is 10.4 Å². The summed E-state index contributed by atoms with van der Waals surface area (Å²) in [6, 6.07) is 11.4. The fraction of sp³-hybridized carbons (Fsp3) is 0.360. The highest BCUT2D eigenvalue weighted by molar-refractivity contribution is 6.05. The Bertz CT molecular complexity index is 1280. The Morgan fingerprint density at radius 2 is 1.94 bits per heavy atom. The molecular weight excluding hydrogens is 423 g/mol. The van der Waals surface area contributed by atoms with E-state index in [4.69, 9.17) is 0 Å². The lowest BCUT2D eigenvalue weighted by atomic mass is 10.1. The standard InChI is InChI=1S/C25H25FN4O3/c1-14-7-8-20-18(9-14)24(15(2)31)28-29(20)13-23(32)30-21-10-17(21)11-22(30)25(33)27-12-16-5-3-4-6-19(16)26/h3-9,17,21-22H,10-13H2,1-2H3,(H,27,33)/t17-,21-,22+/m1/s1. The molecule has 1 saturated carbocycles. The number of halogens is 1. The van der Waals surface area contributed by atoms with Gasteiger partial charge in [-0.15, -0.1) is 0 Å². The lowest BCUT2D eigenvalue weighted by Gasteiger charge is -2.27. The Morgan fingerprint density at radius 1 is 1.15 bits per heavy atom. The van der Waals surface area contributed by atoms with E-state index in [0.717, 1.165) is 17.4 Å². The Balaban J connectivity index is 1.34. The highest BCUT2D eigenvalue weighted by Gasteiger charge is 2.55. The first-order valence-electron chi connectivity index (χ1n) is 11.1. The van der Waals surface area contributed by atoms with Crippen molar-refractivity contribution in [3.05, 3.63) is 65.1 Å². The summed E-state index contributed by atoms with van der Waals surface area (Å²) in [7, 11) is 0. The van der Waals surface area contributed by atoms with E-state index in [-0.39, 0.29) is 42.5 Å². The molecule has 0 bridgehead atoms. The van der Waals surface area contributed by atoms with Gasteiger partial charge >= 0.3 is 0 Å². The van der Waals surface area contributed by atoms with Gasteiger partial charge in [0.25, 0.3) is 0 Å². The van der Waals surface area contributed by atoms with Gasteiger partial charge in [0, 0.05) is 30.5 Å². The molecule has 3 aromatic rings. The number of amides is 2. The summed E-state index contributed by atoms with van der Waals surface area (Å²) in [6.07, 6.45) is 1.50. The molecule has 0 unspecified atom stereocenters. The van der Waals surface area contributed by atoms with E-state index in [1.54, 1.807) is 27.8 Å². The molecule has 5 rings (SSSR count). The number of Topliss-reactive ketones (excluding diaryl/α,β-unsaturated/α-hetero) is 1. The summed E-state index contributed by atoms with van der Waals surface area (Å²) < 4.78 is 15.4. The molecule has 2 aromatic carbocycles. The van der Waals surface area contributed by atoms with Crippen LogP contribution in [0.3, 0.4) is 0 Å². The highest BCUT2D eigenvalue weighted by Crippen LogP contribution is 2.48. The van der Waals surface area contributed by atoms with Gasteiger partial charge in [0.15, 0.2) is 5.78 Å². The number of aryl methyl sites for hydroxylation is 1. The van der Waals surface area contributed by atoms with E-state index >= 15 is 0 Å². The summed E-state index contributed by atoms with van der Waals surface area (Å²) in [5.41, 5.74) is 2.46. The van der Waals surface area contributed by atoms with E-state index in [0.29, 0.717) is 29.1 Å². The van der Waals surface area contributed by atoms with E-state index in [9.17, 15) is 18.8 Å². The topological polar surface area (TPSA) is 84.3 Å². The Labute approximate surface area is 190 Å². The second-order valence-electron chi connectivity index (χ2n) is 9.01. The third-order valence-electron chi connectivity index (χ3n) is 6.63. The van der Waals surface area contributed by atoms with Gasteiger partial charge in [-0.05, 0) is 43.9 Å². The van der Waals surface area contributed by atoms with Crippen LogP contribution in [-0.4, -0.2) is 44.4 Å². The number of aromatic nitrogens is 2. The van der Waals surface area contributed by atoms with Crippen molar-refractivity contribution >= 4 is 28.5 Å². The maximum Gasteiger partial charge on any atom is 0.245 e. The fourth-order valence-electron chi connectivity index (χ4n) is 4.87. The summed E-state index contributed by atoms with van der Waals surface area (Å²) >= 11 is 0.